The highest BCUT2D eigenvalue weighted by atomic mass is 35.5. The second-order valence-electron chi connectivity index (χ2n) is 3.80. The molecule has 0 aromatic carbocycles. The lowest BCUT2D eigenvalue weighted by Gasteiger charge is -2.28. The van der Waals surface area contributed by atoms with Gasteiger partial charge >= 0.3 is 0 Å². The maximum absolute atomic E-state index is 11.0. The minimum absolute atomic E-state index is 0.174. The first-order valence-corrected chi connectivity index (χ1v) is 5.70. The van der Waals surface area contributed by atoms with Gasteiger partial charge in [-0.1, -0.05) is 11.6 Å². The zero-order chi connectivity index (χ0) is 12.8. The van der Waals surface area contributed by atoms with Crippen LogP contribution in [0.25, 0.3) is 0 Å². The lowest BCUT2D eigenvalue weighted by Crippen LogP contribution is -2.35. The zero-order valence-electron chi connectivity index (χ0n) is 10.2. The molecule has 1 rings (SSSR count). The SMILES string of the molecule is COCCN(c1ncnc(Cl)c1C=O)C(C)C. The number of halogens is 1. The Bertz CT molecular complexity index is 385. The third-order valence-electron chi connectivity index (χ3n) is 2.36. The summed E-state index contributed by atoms with van der Waals surface area (Å²) < 4.78 is 5.04. The van der Waals surface area contributed by atoms with Crippen LogP contribution in [-0.4, -0.2) is 42.6 Å². The molecule has 1 heterocycles. The predicted octanol–water partition coefficient (Wildman–Crippen LogP) is 1.80. The van der Waals surface area contributed by atoms with E-state index >= 15 is 0 Å². The van der Waals surface area contributed by atoms with Crippen molar-refractivity contribution >= 4 is 23.7 Å². The average molecular weight is 258 g/mol. The molecule has 0 fully saturated rings. The van der Waals surface area contributed by atoms with Gasteiger partial charge in [0, 0.05) is 19.7 Å². The van der Waals surface area contributed by atoms with E-state index in [1.807, 2.05) is 18.7 Å². The number of aldehydes is 1. The summed E-state index contributed by atoms with van der Waals surface area (Å²) in [5.41, 5.74) is 0.318. The molecule has 0 aliphatic rings. The Labute approximate surface area is 106 Å². The van der Waals surface area contributed by atoms with Gasteiger partial charge in [-0.15, -0.1) is 0 Å². The van der Waals surface area contributed by atoms with E-state index in [1.165, 1.54) is 6.33 Å². The van der Waals surface area contributed by atoms with Gasteiger partial charge in [0.1, 0.15) is 17.3 Å². The normalized spacial score (nSPS) is 10.6. The molecule has 0 N–H and O–H groups in total. The summed E-state index contributed by atoms with van der Waals surface area (Å²) in [6.45, 7) is 5.22. The number of rotatable bonds is 6. The lowest BCUT2D eigenvalue weighted by atomic mass is 10.2. The predicted molar refractivity (Wildman–Crippen MR) is 66.8 cm³/mol. The molecule has 0 saturated carbocycles. The molecule has 0 atom stereocenters. The second-order valence-corrected chi connectivity index (χ2v) is 4.16. The highest BCUT2D eigenvalue weighted by Gasteiger charge is 2.18. The van der Waals surface area contributed by atoms with Crippen LogP contribution in [0, 0.1) is 0 Å². The molecule has 0 unspecified atom stereocenters. The summed E-state index contributed by atoms with van der Waals surface area (Å²) in [6, 6.07) is 0.190. The van der Waals surface area contributed by atoms with E-state index in [0.717, 1.165) is 0 Å². The molecule has 0 radical (unpaired) electrons. The van der Waals surface area contributed by atoms with Gasteiger partial charge in [-0.25, -0.2) is 9.97 Å². The molecule has 0 bridgehead atoms. The van der Waals surface area contributed by atoms with Crippen molar-refractivity contribution in [2.24, 2.45) is 0 Å². The molecule has 0 spiro atoms. The van der Waals surface area contributed by atoms with Gasteiger partial charge in [-0.3, -0.25) is 4.79 Å². The van der Waals surface area contributed by atoms with Crippen LogP contribution < -0.4 is 4.90 Å². The van der Waals surface area contributed by atoms with Crippen molar-refractivity contribution in [3.05, 3.63) is 17.0 Å². The lowest BCUT2D eigenvalue weighted by molar-refractivity contribution is 0.112. The Morgan fingerprint density at radius 1 is 1.53 bits per heavy atom. The highest BCUT2D eigenvalue weighted by Crippen LogP contribution is 2.22. The van der Waals surface area contributed by atoms with Crippen molar-refractivity contribution in [1.29, 1.82) is 0 Å². The molecule has 1 aromatic rings. The Kier molecular flexibility index (Phi) is 5.31. The van der Waals surface area contributed by atoms with Crippen molar-refractivity contribution in [2.75, 3.05) is 25.2 Å². The Morgan fingerprint density at radius 2 is 2.24 bits per heavy atom. The van der Waals surface area contributed by atoms with Gasteiger partial charge in [-0.2, -0.15) is 0 Å². The van der Waals surface area contributed by atoms with Crippen LogP contribution in [0.5, 0.6) is 0 Å². The maximum atomic E-state index is 11.0. The number of aromatic nitrogens is 2. The van der Waals surface area contributed by atoms with E-state index in [9.17, 15) is 4.79 Å². The van der Waals surface area contributed by atoms with Crippen molar-refractivity contribution in [3.8, 4) is 0 Å². The number of nitrogens with zero attached hydrogens (tertiary/aromatic N) is 3. The molecule has 6 heteroatoms. The largest absolute Gasteiger partial charge is 0.383 e. The molecular formula is C11H16ClN3O2. The topological polar surface area (TPSA) is 55.3 Å². The number of hydrogen-bond donors (Lipinski definition) is 0. The molecule has 0 amide bonds. The van der Waals surface area contributed by atoms with Crippen LogP contribution in [0.3, 0.4) is 0 Å². The fourth-order valence-electron chi connectivity index (χ4n) is 1.49. The summed E-state index contributed by atoms with van der Waals surface area (Å²) in [5.74, 6) is 0.548. The summed E-state index contributed by atoms with van der Waals surface area (Å²) in [6.07, 6.45) is 2.03. The minimum Gasteiger partial charge on any atom is -0.383 e. The van der Waals surface area contributed by atoms with Crippen LogP contribution in [0.4, 0.5) is 5.82 Å². The van der Waals surface area contributed by atoms with Crippen LogP contribution in [-0.2, 0) is 4.74 Å². The molecule has 0 aliphatic heterocycles. The van der Waals surface area contributed by atoms with Crippen molar-refractivity contribution in [3.63, 3.8) is 0 Å². The molecule has 0 saturated heterocycles. The third-order valence-corrected chi connectivity index (χ3v) is 2.67. The monoisotopic (exact) mass is 257 g/mol. The van der Waals surface area contributed by atoms with E-state index in [0.29, 0.717) is 30.8 Å². The summed E-state index contributed by atoms with van der Waals surface area (Å²) in [4.78, 5) is 20.9. The van der Waals surface area contributed by atoms with E-state index in [4.69, 9.17) is 16.3 Å². The van der Waals surface area contributed by atoms with E-state index in [1.54, 1.807) is 7.11 Å². The number of ether oxygens (including phenoxy) is 1. The molecule has 1 aromatic heterocycles. The first-order valence-electron chi connectivity index (χ1n) is 5.33. The van der Waals surface area contributed by atoms with Gasteiger partial charge in [0.15, 0.2) is 6.29 Å². The second kappa shape index (κ2) is 6.51. The Balaban J connectivity index is 3.09. The quantitative estimate of drug-likeness (QED) is 0.575. The van der Waals surface area contributed by atoms with E-state index < -0.39 is 0 Å². The standard InChI is InChI=1S/C11H16ClN3O2/c1-8(2)15(4-5-17-3)11-9(6-16)10(12)13-7-14-11/h6-8H,4-5H2,1-3H3. The van der Waals surface area contributed by atoms with Crippen LogP contribution in [0.2, 0.25) is 5.15 Å². The van der Waals surface area contributed by atoms with Gasteiger partial charge in [0.25, 0.3) is 0 Å². The molecule has 0 aliphatic carbocycles. The van der Waals surface area contributed by atoms with Crippen LogP contribution in [0.15, 0.2) is 6.33 Å². The number of anilines is 1. The first-order chi connectivity index (χ1) is 8.11. The number of carbonyl (C=O) groups is 1. The zero-order valence-corrected chi connectivity index (χ0v) is 10.9. The summed E-state index contributed by atoms with van der Waals surface area (Å²) in [5, 5.41) is 0.174. The van der Waals surface area contributed by atoms with Crippen LogP contribution in [0.1, 0.15) is 24.2 Å². The highest BCUT2D eigenvalue weighted by molar-refractivity contribution is 6.32. The van der Waals surface area contributed by atoms with E-state index in [-0.39, 0.29) is 11.2 Å². The fraction of sp³-hybridized carbons (Fsp3) is 0.545. The van der Waals surface area contributed by atoms with Crippen LogP contribution >= 0.6 is 11.6 Å². The van der Waals surface area contributed by atoms with Crippen molar-refractivity contribution in [1.82, 2.24) is 9.97 Å². The number of hydrogen-bond acceptors (Lipinski definition) is 5. The molecule has 17 heavy (non-hydrogen) atoms. The first kappa shape index (κ1) is 13.9. The summed E-state index contributed by atoms with van der Waals surface area (Å²) in [7, 11) is 1.63. The molecular weight excluding hydrogens is 242 g/mol. The maximum Gasteiger partial charge on any atom is 0.156 e. The molecule has 94 valence electrons. The summed E-state index contributed by atoms with van der Waals surface area (Å²) >= 11 is 5.87. The number of methoxy groups -OCH3 is 1. The van der Waals surface area contributed by atoms with Crippen molar-refractivity contribution < 1.29 is 9.53 Å². The number of carbonyl (C=O) groups excluding carboxylic acids is 1. The Morgan fingerprint density at radius 3 is 2.76 bits per heavy atom. The smallest absolute Gasteiger partial charge is 0.156 e. The van der Waals surface area contributed by atoms with Gasteiger partial charge in [0.2, 0.25) is 0 Å². The van der Waals surface area contributed by atoms with Crippen molar-refractivity contribution in [2.45, 2.75) is 19.9 Å². The Hall–Kier alpha value is -1.20. The van der Waals surface area contributed by atoms with Gasteiger partial charge < -0.3 is 9.64 Å². The average Bonchev–Trinajstić information content (AvgIpc) is 2.29. The van der Waals surface area contributed by atoms with Gasteiger partial charge in [-0.05, 0) is 13.8 Å². The van der Waals surface area contributed by atoms with Gasteiger partial charge in [0.05, 0.1) is 12.2 Å². The fourth-order valence-corrected chi connectivity index (χ4v) is 1.67. The minimum atomic E-state index is 0.174. The molecule has 5 nitrogen and oxygen atoms in total. The third kappa shape index (κ3) is 3.38. The van der Waals surface area contributed by atoms with E-state index in [2.05, 4.69) is 9.97 Å².